The molecule has 0 aliphatic rings. The first-order chi connectivity index (χ1) is 7.87. The van der Waals surface area contributed by atoms with E-state index in [9.17, 15) is 4.79 Å². The fraction of sp³-hybridized carbons (Fsp3) is 0.357. The molecule has 0 atom stereocenters. The highest BCUT2D eigenvalue weighted by atomic mass is 16.5. The van der Waals surface area contributed by atoms with Gasteiger partial charge in [0.2, 0.25) is 0 Å². The van der Waals surface area contributed by atoms with Gasteiger partial charge in [-0.15, -0.1) is 0 Å². The lowest BCUT2D eigenvalue weighted by Crippen LogP contribution is -2.23. The zero-order chi connectivity index (χ0) is 12.6. The predicted molar refractivity (Wildman–Crippen MR) is 69.7 cm³/mol. The largest absolute Gasteiger partial charge is 0.488 e. The molecule has 0 unspecified atom stereocenters. The standard InChI is InChI=1S/C14H17NO2/c1-9-7-10(17-14(2,3)4)8-12-11(9)5-6-15-13(12)16/h5-8H,1-4H3,(H,15,16). The zero-order valence-electron chi connectivity index (χ0n) is 10.6. The van der Waals surface area contributed by atoms with E-state index in [0.29, 0.717) is 5.39 Å². The number of aromatic nitrogens is 1. The Kier molecular flexibility index (Phi) is 2.69. The summed E-state index contributed by atoms with van der Waals surface area (Å²) in [6.45, 7) is 7.95. The van der Waals surface area contributed by atoms with E-state index in [0.717, 1.165) is 16.7 Å². The summed E-state index contributed by atoms with van der Waals surface area (Å²) in [5.74, 6) is 0.735. The van der Waals surface area contributed by atoms with Crippen molar-refractivity contribution in [2.45, 2.75) is 33.3 Å². The van der Waals surface area contributed by atoms with Gasteiger partial charge in [-0.1, -0.05) is 0 Å². The molecular formula is C14H17NO2. The van der Waals surface area contributed by atoms with Gasteiger partial charge in [0.25, 0.3) is 5.56 Å². The van der Waals surface area contributed by atoms with Crippen molar-refractivity contribution in [3.05, 3.63) is 40.3 Å². The molecule has 0 amide bonds. The summed E-state index contributed by atoms with van der Waals surface area (Å²) >= 11 is 0. The molecule has 1 aromatic carbocycles. The highest BCUT2D eigenvalue weighted by Crippen LogP contribution is 2.25. The Hall–Kier alpha value is -1.77. The summed E-state index contributed by atoms with van der Waals surface area (Å²) in [7, 11) is 0. The fourth-order valence-electron chi connectivity index (χ4n) is 1.87. The number of ether oxygens (including phenoxy) is 1. The molecule has 0 bridgehead atoms. The predicted octanol–water partition coefficient (Wildman–Crippen LogP) is 3.01. The molecule has 0 aliphatic carbocycles. The van der Waals surface area contributed by atoms with Crippen LogP contribution in [0.15, 0.2) is 29.2 Å². The lowest BCUT2D eigenvalue weighted by molar-refractivity contribution is 0.131. The van der Waals surface area contributed by atoms with Crippen molar-refractivity contribution < 1.29 is 4.74 Å². The molecular weight excluding hydrogens is 214 g/mol. The average molecular weight is 231 g/mol. The molecule has 17 heavy (non-hydrogen) atoms. The van der Waals surface area contributed by atoms with E-state index in [1.165, 1.54) is 0 Å². The number of aromatic amines is 1. The zero-order valence-corrected chi connectivity index (χ0v) is 10.6. The van der Waals surface area contributed by atoms with Crippen molar-refractivity contribution >= 4 is 10.8 Å². The van der Waals surface area contributed by atoms with Crippen molar-refractivity contribution in [1.82, 2.24) is 4.98 Å². The van der Waals surface area contributed by atoms with Crippen LogP contribution in [0.2, 0.25) is 0 Å². The minimum Gasteiger partial charge on any atom is -0.488 e. The molecule has 1 N–H and O–H groups in total. The van der Waals surface area contributed by atoms with Gasteiger partial charge in [-0.25, -0.2) is 0 Å². The summed E-state index contributed by atoms with van der Waals surface area (Å²) in [5.41, 5.74) is 0.708. The molecule has 0 saturated heterocycles. The van der Waals surface area contributed by atoms with Crippen molar-refractivity contribution in [3.8, 4) is 5.75 Å². The van der Waals surface area contributed by atoms with Gasteiger partial charge in [-0.05, 0) is 56.8 Å². The van der Waals surface area contributed by atoms with Crippen LogP contribution in [0.1, 0.15) is 26.3 Å². The number of benzene rings is 1. The number of rotatable bonds is 1. The third-order valence-corrected chi connectivity index (χ3v) is 2.49. The minimum atomic E-state index is -0.262. The first kappa shape index (κ1) is 11.7. The maximum atomic E-state index is 11.7. The van der Waals surface area contributed by atoms with E-state index < -0.39 is 0 Å². The van der Waals surface area contributed by atoms with Crippen LogP contribution in [0.5, 0.6) is 5.75 Å². The molecule has 3 nitrogen and oxygen atoms in total. The molecule has 0 aliphatic heterocycles. The van der Waals surface area contributed by atoms with E-state index in [4.69, 9.17) is 4.74 Å². The lowest BCUT2D eigenvalue weighted by atomic mass is 10.1. The van der Waals surface area contributed by atoms with Crippen molar-refractivity contribution in [2.24, 2.45) is 0 Å². The molecule has 1 aromatic heterocycles. The van der Waals surface area contributed by atoms with Crippen LogP contribution < -0.4 is 10.3 Å². The van der Waals surface area contributed by atoms with E-state index in [1.807, 2.05) is 39.8 Å². The van der Waals surface area contributed by atoms with Crippen molar-refractivity contribution in [3.63, 3.8) is 0 Å². The number of hydrogen-bond donors (Lipinski definition) is 1. The normalized spacial score (nSPS) is 11.8. The molecule has 1 heterocycles. The molecule has 0 saturated carbocycles. The highest BCUT2D eigenvalue weighted by Gasteiger charge is 2.13. The smallest absolute Gasteiger partial charge is 0.255 e. The summed E-state index contributed by atoms with van der Waals surface area (Å²) < 4.78 is 5.79. The van der Waals surface area contributed by atoms with Crippen LogP contribution in [0.25, 0.3) is 10.8 Å². The van der Waals surface area contributed by atoms with Gasteiger partial charge in [-0.3, -0.25) is 4.79 Å². The summed E-state index contributed by atoms with van der Waals surface area (Å²) in [6.07, 6.45) is 1.67. The van der Waals surface area contributed by atoms with Crippen LogP contribution in [-0.4, -0.2) is 10.6 Å². The Labute approximate surface area is 100 Å². The second-order valence-electron chi connectivity index (χ2n) is 5.22. The van der Waals surface area contributed by atoms with Crippen LogP contribution >= 0.6 is 0 Å². The number of fused-ring (bicyclic) bond motifs is 1. The van der Waals surface area contributed by atoms with Crippen molar-refractivity contribution in [1.29, 1.82) is 0 Å². The van der Waals surface area contributed by atoms with E-state index in [1.54, 1.807) is 12.3 Å². The molecule has 0 spiro atoms. The maximum absolute atomic E-state index is 11.7. The average Bonchev–Trinajstić information content (AvgIpc) is 2.17. The minimum absolute atomic E-state index is 0.0787. The number of H-pyrrole nitrogens is 1. The Bertz CT molecular complexity index is 606. The maximum Gasteiger partial charge on any atom is 0.255 e. The summed E-state index contributed by atoms with van der Waals surface area (Å²) in [5, 5.41) is 1.64. The van der Waals surface area contributed by atoms with E-state index in [-0.39, 0.29) is 11.2 Å². The Morgan fingerprint density at radius 2 is 1.88 bits per heavy atom. The first-order valence-electron chi connectivity index (χ1n) is 5.68. The van der Waals surface area contributed by atoms with Crippen LogP contribution in [0.4, 0.5) is 0 Å². The molecule has 3 heteroatoms. The van der Waals surface area contributed by atoms with Gasteiger partial charge in [0, 0.05) is 6.20 Å². The molecule has 0 radical (unpaired) electrons. The summed E-state index contributed by atoms with van der Waals surface area (Å²) in [6, 6.07) is 5.67. The number of hydrogen-bond acceptors (Lipinski definition) is 2. The van der Waals surface area contributed by atoms with Crippen LogP contribution in [0.3, 0.4) is 0 Å². The van der Waals surface area contributed by atoms with Gasteiger partial charge < -0.3 is 9.72 Å². The Morgan fingerprint density at radius 1 is 1.18 bits per heavy atom. The van der Waals surface area contributed by atoms with Crippen molar-refractivity contribution in [2.75, 3.05) is 0 Å². The Balaban J connectivity index is 2.62. The second-order valence-corrected chi connectivity index (χ2v) is 5.22. The molecule has 90 valence electrons. The SMILES string of the molecule is Cc1cc(OC(C)(C)C)cc2c(=O)[nH]ccc12. The second kappa shape index (κ2) is 3.91. The fourth-order valence-corrected chi connectivity index (χ4v) is 1.87. The number of aryl methyl sites for hydroxylation is 1. The Morgan fingerprint density at radius 3 is 2.53 bits per heavy atom. The number of nitrogens with one attached hydrogen (secondary N) is 1. The van der Waals surface area contributed by atoms with Gasteiger partial charge in [0.1, 0.15) is 11.4 Å². The highest BCUT2D eigenvalue weighted by molar-refractivity contribution is 5.85. The molecule has 2 aromatic rings. The van der Waals surface area contributed by atoms with Crippen LogP contribution in [0, 0.1) is 6.92 Å². The monoisotopic (exact) mass is 231 g/mol. The number of pyridine rings is 1. The molecule has 2 rings (SSSR count). The summed E-state index contributed by atoms with van der Waals surface area (Å²) in [4.78, 5) is 14.4. The van der Waals surface area contributed by atoms with Gasteiger partial charge in [-0.2, -0.15) is 0 Å². The van der Waals surface area contributed by atoms with Gasteiger partial charge >= 0.3 is 0 Å². The topological polar surface area (TPSA) is 42.1 Å². The molecule has 0 fully saturated rings. The van der Waals surface area contributed by atoms with E-state index in [2.05, 4.69) is 4.98 Å². The van der Waals surface area contributed by atoms with Gasteiger partial charge in [0.05, 0.1) is 5.39 Å². The van der Waals surface area contributed by atoms with Gasteiger partial charge in [0.15, 0.2) is 0 Å². The van der Waals surface area contributed by atoms with Crippen LogP contribution in [-0.2, 0) is 0 Å². The first-order valence-corrected chi connectivity index (χ1v) is 5.68. The van der Waals surface area contributed by atoms with E-state index >= 15 is 0 Å². The third kappa shape index (κ3) is 2.49. The third-order valence-electron chi connectivity index (χ3n) is 2.49. The lowest BCUT2D eigenvalue weighted by Gasteiger charge is -2.21. The quantitative estimate of drug-likeness (QED) is 0.819.